The van der Waals surface area contributed by atoms with E-state index in [4.69, 9.17) is 9.84 Å². The summed E-state index contributed by atoms with van der Waals surface area (Å²) < 4.78 is 5.30. The number of carbonyl (C=O) groups is 2. The fourth-order valence-corrected chi connectivity index (χ4v) is 3.47. The Morgan fingerprint density at radius 2 is 2.16 bits per heavy atom. The first kappa shape index (κ1) is 14.5. The van der Waals surface area contributed by atoms with E-state index in [1.165, 1.54) is 0 Å². The van der Waals surface area contributed by atoms with E-state index in [-0.39, 0.29) is 24.5 Å². The number of hydrogen-bond acceptors (Lipinski definition) is 4. The molecule has 2 aliphatic heterocycles. The summed E-state index contributed by atoms with van der Waals surface area (Å²) in [5, 5.41) is 8.92. The Balaban J connectivity index is 2.03. The second-order valence-corrected chi connectivity index (χ2v) is 6.07. The monoisotopic (exact) mass is 288 g/mol. The van der Waals surface area contributed by atoms with E-state index in [0.717, 1.165) is 18.1 Å². The van der Waals surface area contributed by atoms with Gasteiger partial charge in [-0.1, -0.05) is 0 Å². The molecule has 2 aliphatic rings. The topological polar surface area (TPSA) is 70.1 Å². The number of morpholine rings is 1. The van der Waals surface area contributed by atoms with Crippen molar-refractivity contribution in [3.63, 3.8) is 0 Å². The van der Waals surface area contributed by atoms with Crippen LogP contribution in [0.1, 0.15) is 13.3 Å². The molecule has 0 aromatic rings. The zero-order valence-electron chi connectivity index (χ0n) is 11.1. The van der Waals surface area contributed by atoms with Crippen LogP contribution in [0.5, 0.6) is 0 Å². The molecule has 0 spiro atoms. The molecule has 1 N–H and O–H groups in total. The van der Waals surface area contributed by atoms with Gasteiger partial charge in [0.2, 0.25) is 0 Å². The first-order valence-electron chi connectivity index (χ1n) is 6.54. The summed E-state index contributed by atoms with van der Waals surface area (Å²) in [6.07, 6.45) is -0.0529. The molecule has 2 rings (SSSR count). The average Bonchev–Trinajstić information content (AvgIpc) is 2.38. The van der Waals surface area contributed by atoms with Crippen molar-refractivity contribution in [2.24, 2.45) is 0 Å². The van der Waals surface area contributed by atoms with Crippen molar-refractivity contribution in [2.45, 2.75) is 25.4 Å². The maximum Gasteiger partial charge on any atom is 0.320 e. The molecule has 2 saturated heterocycles. The van der Waals surface area contributed by atoms with E-state index in [9.17, 15) is 9.59 Å². The number of rotatable bonds is 2. The predicted octanol–water partition coefficient (Wildman–Crippen LogP) is 0.719. The number of urea groups is 1. The first-order valence-corrected chi connectivity index (χ1v) is 7.69. The third-order valence-corrected chi connectivity index (χ3v) is 4.69. The van der Waals surface area contributed by atoms with Gasteiger partial charge in [-0.05, 0) is 6.92 Å². The second kappa shape index (κ2) is 6.47. The van der Waals surface area contributed by atoms with E-state index in [0.29, 0.717) is 19.8 Å². The zero-order valence-corrected chi connectivity index (χ0v) is 11.9. The third kappa shape index (κ3) is 3.54. The largest absolute Gasteiger partial charge is 0.481 e. The summed E-state index contributed by atoms with van der Waals surface area (Å²) in [5.41, 5.74) is 0. The summed E-state index contributed by atoms with van der Waals surface area (Å²) in [6, 6.07) is -0.178. The lowest BCUT2D eigenvalue weighted by Crippen LogP contribution is -2.57. The van der Waals surface area contributed by atoms with Crippen LogP contribution in [0.4, 0.5) is 4.79 Å². The van der Waals surface area contributed by atoms with Crippen molar-refractivity contribution < 1.29 is 19.4 Å². The molecule has 2 amide bonds. The molecule has 7 heteroatoms. The lowest BCUT2D eigenvalue weighted by atomic mass is 10.1. The molecule has 2 heterocycles. The van der Waals surface area contributed by atoms with Gasteiger partial charge in [0.25, 0.3) is 0 Å². The maximum atomic E-state index is 12.5. The highest BCUT2D eigenvalue weighted by Crippen LogP contribution is 2.20. The van der Waals surface area contributed by atoms with Gasteiger partial charge in [-0.15, -0.1) is 0 Å². The van der Waals surface area contributed by atoms with Crippen LogP contribution >= 0.6 is 11.8 Å². The Hall–Kier alpha value is -0.950. The van der Waals surface area contributed by atoms with E-state index in [1.807, 2.05) is 23.6 Å². The molecular weight excluding hydrogens is 268 g/mol. The van der Waals surface area contributed by atoms with Crippen LogP contribution in [0.25, 0.3) is 0 Å². The summed E-state index contributed by atoms with van der Waals surface area (Å²) >= 11 is 1.85. The van der Waals surface area contributed by atoms with Crippen LogP contribution in [-0.2, 0) is 9.53 Å². The van der Waals surface area contributed by atoms with Crippen molar-refractivity contribution in [3.8, 4) is 0 Å². The molecule has 6 nitrogen and oxygen atoms in total. The minimum atomic E-state index is -0.893. The van der Waals surface area contributed by atoms with Crippen LogP contribution in [0.15, 0.2) is 0 Å². The minimum absolute atomic E-state index is 0.0395. The van der Waals surface area contributed by atoms with Gasteiger partial charge < -0.3 is 19.6 Å². The molecule has 0 aliphatic carbocycles. The Labute approximate surface area is 117 Å². The highest BCUT2D eigenvalue weighted by atomic mass is 32.2. The lowest BCUT2D eigenvalue weighted by Gasteiger charge is -2.41. The molecule has 19 heavy (non-hydrogen) atoms. The number of carboxylic acid groups (broad SMARTS) is 1. The van der Waals surface area contributed by atoms with Gasteiger partial charge in [-0.2, -0.15) is 11.8 Å². The van der Waals surface area contributed by atoms with Crippen LogP contribution in [0.3, 0.4) is 0 Å². The van der Waals surface area contributed by atoms with Gasteiger partial charge in [0.15, 0.2) is 0 Å². The molecule has 108 valence electrons. The van der Waals surface area contributed by atoms with E-state index >= 15 is 0 Å². The Morgan fingerprint density at radius 3 is 2.84 bits per heavy atom. The SMILES string of the molecule is CC1CSCCN1C(=O)N1CCOCC1CC(=O)O. The normalized spacial score (nSPS) is 28.3. The third-order valence-electron chi connectivity index (χ3n) is 3.50. The maximum absolute atomic E-state index is 12.5. The molecule has 2 atom stereocenters. The standard InChI is InChI=1S/C12H20N2O4S/c1-9-8-19-5-3-13(9)12(17)14-2-4-18-7-10(14)6-11(15)16/h9-10H,2-8H2,1H3,(H,15,16). The molecule has 0 saturated carbocycles. The second-order valence-electron chi connectivity index (χ2n) is 4.92. The summed E-state index contributed by atoms with van der Waals surface area (Å²) in [6.45, 7) is 4.06. The summed E-state index contributed by atoms with van der Waals surface area (Å²) in [5.74, 6) is 1.000. The van der Waals surface area contributed by atoms with E-state index in [2.05, 4.69) is 0 Å². The highest BCUT2D eigenvalue weighted by molar-refractivity contribution is 7.99. The molecule has 0 aromatic carbocycles. The van der Waals surface area contributed by atoms with Crippen LogP contribution in [-0.4, -0.2) is 76.8 Å². The fraction of sp³-hybridized carbons (Fsp3) is 0.833. The average molecular weight is 288 g/mol. The summed E-state index contributed by atoms with van der Waals surface area (Å²) in [7, 11) is 0. The van der Waals surface area contributed by atoms with Crippen LogP contribution in [0, 0.1) is 0 Å². The molecule has 0 aromatic heterocycles. The zero-order chi connectivity index (χ0) is 13.8. The molecule has 2 unspecified atom stereocenters. The minimum Gasteiger partial charge on any atom is -0.481 e. The molecular formula is C12H20N2O4S. The van der Waals surface area contributed by atoms with Gasteiger partial charge in [0.1, 0.15) is 0 Å². The Kier molecular flexibility index (Phi) is 4.93. The highest BCUT2D eigenvalue weighted by Gasteiger charge is 2.34. The van der Waals surface area contributed by atoms with Crippen molar-refractivity contribution in [2.75, 3.05) is 37.8 Å². The van der Waals surface area contributed by atoms with Crippen molar-refractivity contribution in [3.05, 3.63) is 0 Å². The van der Waals surface area contributed by atoms with Crippen molar-refractivity contribution in [1.82, 2.24) is 9.80 Å². The quantitative estimate of drug-likeness (QED) is 0.811. The number of hydrogen-bond donors (Lipinski definition) is 1. The van der Waals surface area contributed by atoms with E-state index in [1.54, 1.807) is 4.90 Å². The number of carbonyl (C=O) groups excluding carboxylic acids is 1. The van der Waals surface area contributed by atoms with Crippen LogP contribution < -0.4 is 0 Å². The van der Waals surface area contributed by atoms with Crippen LogP contribution in [0.2, 0.25) is 0 Å². The Morgan fingerprint density at radius 1 is 1.37 bits per heavy atom. The molecule has 0 radical (unpaired) electrons. The number of thioether (sulfide) groups is 1. The van der Waals surface area contributed by atoms with Gasteiger partial charge in [0, 0.05) is 30.6 Å². The molecule has 2 fully saturated rings. The Bertz CT molecular complexity index is 353. The van der Waals surface area contributed by atoms with Gasteiger partial charge in [-0.3, -0.25) is 4.79 Å². The number of nitrogens with zero attached hydrogens (tertiary/aromatic N) is 2. The fourth-order valence-electron chi connectivity index (χ4n) is 2.45. The summed E-state index contributed by atoms with van der Waals surface area (Å²) in [4.78, 5) is 26.9. The lowest BCUT2D eigenvalue weighted by molar-refractivity contribution is -0.139. The van der Waals surface area contributed by atoms with Gasteiger partial charge >= 0.3 is 12.0 Å². The molecule has 0 bridgehead atoms. The van der Waals surface area contributed by atoms with Gasteiger partial charge in [-0.25, -0.2) is 4.79 Å². The van der Waals surface area contributed by atoms with E-state index < -0.39 is 5.97 Å². The van der Waals surface area contributed by atoms with Gasteiger partial charge in [0.05, 0.1) is 25.7 Å². The number of amides is 2. The van der Waals surface area contributed by atoms with Crippen molar-refractivity contribution >= 4 is 23.8 Å². The van der Waals surface area contributed by atoms with Crippen molar-refractivity contribution in [1.29, 1.82) is 0 Å². The number of ether oxygens (including phenoxy) is 1. The number of aliphatic carboxylic acids is 1. The predicted molar refractivity (Wildman–Crippen MR) is 72.5 cm³/mol. The smallest absolute Gasteiger partial charge is 0.320 e. The number of carboxylic acids is 1. The first-order chi connectivity index (χ1) is 9.09.